The van der Waals surface area contributed by atoms with Crippen LogP contribution in [0.1, 0.15) is 33.8 Å². The Balaban J connectivity index is 1.30. The summed E-state index contributed by atoms with van der Waals surface area (Å²) in [5, 5.41) is 0. The Morgan fingerprint density at radius 2 is 1.82 bits per heavy atom. The van der Waals surface area contributed by atoms with Crippen LogP contribution in [0.25, 0.3) is 0 Å². The van der Waals surface area contributed by atoms with E-state index < -0.39 is 12.1 Å². The van der Waals surface area contributed by atoms with Gasteiger partial charge in [0.05, 0.1) is 25.9 Å². The van der Waals surface area contributed by atoms with Gasteiger partial charge >= 0.3 is 5.97 Å². The molecule has 34 heavy (non-hydrogen) atoms. The zero-order chi connectivity index (χ0) is 23.4. The van der Waals surface area contributed by atoms with Crippen molar-refractivity contribution in [1.82, 2.24) is 4.90 Å². The third-order valence-electron chi connectivity index (χ3n) is 7.37. The molecule has 1 saturated heterocycles. The van der Waals surface area contributed by atoms with E-state index in [1.165, 1.54) is 23.8 Å². The van der Waals surface area contributed by atoms with Crippen LogP contribution in [-0.4, -0.2) is 63.8 Å². The van der Waals surface area contributed by atoms with Crippen LogP contribution in [0.5, 0.6) is 23.0 Å². The molecule has 6 rings (SSSR count). The first-order chi connectivity index (χ1) is 16.6. The number of ether oxygens (including phenoxy) is 6. The summed E-state index contributed by atoms with van der Waals surface area (Å²) in [5.41, 5.74) is 4.23. The maximum absolute atomic E-state index is 13.0. The number of hydrogen-bond donors (Lipinski definition) is 0. The summed E-state index contributed by atoms with van der Waals surface area (Å²) in [7, 11) is 4.77. The smallest absolute Gasteiger partial charge is 0.338 e. The first-order valence-electron chi connectivity index (χ1n) is 11.4. The maximum atomic E-state index is 13.0. The second-order valence-corrected chi connectivity index (χ2v) is 9.02. The van der Waals surface area contributed by atoms with Gasteiger partial charge in [0.2, 0.25) is 6.79 Å². The SMILES string of the molecule is COc1ccc(C(=O)O[C@H]2C=C3[C@H]4CN(Cc5cc6c(cc54)OCO6)[C@H]3C[C@@H]2OC)cc1OC. The van der Waals surface area contributed by atoms with E-state index in [0.29, 0.717) is 17.1 Å². The summed E-state index contributed by atoms with van der Waals surface area (Å²) >= 11 is 0. The fourth-order valence-electron chi connectivity index (χ4n) is 5.70. The number of rotatable bonds is 5. The summed E-state index contributed by atoms with van der Waals surface area (Å²) in [6.07, 6.45) is 2.17. The second kappa shape index (κ2) is 8.21. The van der Waals surface area contributed by atoms with Gasteiger partial charge in [0.15, 0.2) is 23.0 Å². The van der Waals surface area contributed by atoms with Crippen molar-refractivity contribution in [2.45, 2.75) is 37.1 Å². The van der Waals surface area contributed by atoms with Crippen molar-refractivity contribution in [3.8, 4) is 23.0 Å². The monoisotopic (exact) mass is 465 g/mol. The zero-order valence-corrected chi connectivity index (χ0v) is 19.4. The van der Waals surface area contributed by atoms with Crippen molar-refractivity contribution in [1.29, 1.82) is 0 Å². The third-order valence-corrected chi connectivity index (χ3v) is 7.37. The molecule has 3 heterocycles. The first kappa shape index (κ1) is 21.3. The van der Waals surface area contributed by atoms with Crippen molar-refractivity contribution in [3.63, 3.8) is 0 Å². The van der Waals surface area contributed by atoms with Gasteiger partial charge in [-0.2, -0.15) is 0 Å². The number of carbonyl (C=O) groups is 1. The molecule has 3 aliphatic heterocycles. The molecule has 0 radical (unpaired) electrons. The lowest BCUT2D eigenvalue weighted by Gasteiger charge is -2.34. The molecule has 178 valence electrons. The molecular weight excluding hydrogens is 438 g/mol. The number of benzene rings is 2. The van der Waals surface area contributed by atoms with Crippen LogP contribution in [0.3, 0.4) is 0 Å². The summed E-state index contributed by atoms with van der Waals surface area (Å²) in [5.74, 6) is 2.47. The van der Waals surface area contributed by atoms with Gasteiger partial charge in [0.25, 0.3) is 0 Å². The van der Waals surface area contributed by atoms with Gasteiger partial charge in [-0.05, 0) is 59.5 Å². The summed E-state index contributed by atoms with van der Waals surface area (Å²) < 4.78 is 33.6. The highest BCUT2D eigenvalue weighted by molar-refractivity contribution is 5.90. The third kappa shape index (κ3) is 3.32. The minimum atomic E-state index is -0.477. The molecule has 2 aromatic carbocycles. The Labute approximate surface area is 197 Å². The molecule has 8 heteroatoms. The highest BCUT2D eigenvalue weighted by Crippen LogP contribution is 2.50. The molecule has 1 fully saturated rings. The fourth-order valence-corrected chi connectivity index (χ4v) is 5.70. The first-order valence-corrected chi connectivity index (χ1v) is 11.4. The number of fused-ring (bicyclic) bond motifs is 8. The van der Waals surface area contributed by atoms with Gasteiger partial charge in [0, 0.05) is 32.2 Å². The average Bonchev–Trinajstić information content (AvgIpc) is 3.44. The summed E-state index contributed by atoms with van der Waals surface area (Å²) in [6.45, 7) is 2.06. The Hall–Kier alpha value is -3.23. The molecule has 0 N–H and O–H groups in total. The lowest BCUT2D eigenvalue weighted by molar-refractivity contribution is -0.0317. The van der Waals surface area contributed by atoms with Crippen LogP contribution in [0.2, 0.25) is 0 Å². The van der Waals surface area contributed by atoms with Crippen molar-refractivity contribution >= 4 is 5.97 Å². The van der Waals surface area contributed by atoms with Crippen molar-refractivity contribution < 1.29 is 33.2 Å². The van der Waals surface area contributed by atoms with Gasteiger partial charge in [-0.3, -0.25) is 4.90 Å². The predicted molar refractivity (Wildman–Crippen MR) is 122 cm³/mol. The number of esters is 1. The van der Waals surface area contributed by atoms with Crippen LogP contribution in [-0.2, 0) is 16.0 Å². The van der Waals surface area contributed by atoms with Crippen LogP contribution in [0.4, 0.5) is 0 Å². The van der Waals surface area contributed by atoms with Crippen LogP contribution in [0.15, 0.2) is 42.0 Å². The molecule has 0 amide bonds. The van der Waals surface area contributed by atoms with Crippen molar-refractivity contribution in [2.75, 3.05) is 34.7 Å². The van der Waals surface area contributed by atoms with E-state index >= 15 is 0 Å². The number of methoxy groups -OCH3 is 3. The highest BCUT2D eigenvalue weighted by Gasteiger charge is 2.47. The average molecular weight is 466 g/mol. The predicted octanol–water partition coefficient (Wildman–Crippen LogP) is 3.28. The van der Waals surface area contributed by atoms with E-state index in [9.17, 15) is 4.79 Å². The Kier molecular flexibility index (Phi) is 5.15. The zero-order valence-electron chi connectivity index (χ0n) is 19.4. The lowest BCUT2D eigenvalue weighted by Crippen LogP contribution is -2.42. The number of hydrogen-bond acceptors (Lipinski definition) is 8. The largest absolute Gasteiger partial charge is 0.493 e. The molecule has 8 nitrogen and oxygen atoms in total. The normalized spacial score (nSPS) is 28.0. The minimum absolute atomic E-state index is 0.225. The number of carbonyl (C=O) groups excluding carboxylic acids is 1. The van der Waals surface area contributed by atoms with E-state index in [-0.39, 0.29) is 24.9 Å². The Morgan fingerprint density at radius 3 is 2.59 bits per heavy atom. The molecule has 2 bridgehead atoms. The van der Waals surface area contributed by atoms with E-state index in [1.54, 1.807) is 32.4 Å². The topological polar surface area (TPSA) is 75.7 Å². The van der Waals surface area contributed by atoms with E-state index in [4.69, 9.17) is 28.4 Å². The highest BCUT2D eigenvalue weighted by atomic mass is 16.7. The number of nitrogens with zero attached hydrogens (tertiary/aromatic N) is 1. The molecule has 1 aliphatic carbocycles. The maximum Gasteiger partial charge on any atom is 0.338 e. The minimum Gasteiger partial charge on any atom is -0.493 e. The van der Waals surface area contributed by atoms with Crippen LogP contribution < -0.4 is 18.9 Å². The molecule has 1 unspecified atom stereocenters. The molecule has 2 aromatic rings. The van der Waals surface area contributed by atoms with Gasteiger partial charge in [-0.15, -0.1) is 0 Å². The standard InChI is InChI=1S/C26H27NO7/c1-29-20-5-4-14(6-21(20)30-2)26(28)34-25-9-17-18-12-27(19(17)10-22(25)31-3)11-15-7-23-24(8-16(15)18)33-13-32-23/h4-9,18-19,22,25H,10-13H2,1-3H3/t18-,19-,22-,25-/m0/s1. The molecule has 0 spiro atoms. The molecule has 0 saturated carbocycles. The van der Waals surface area contributed by atoms with Gasteiger partial charge in [0.1, 0.15) is 6.10 Å². The summed E-state index contributed by atoms with van der Waals surface area (Å²) in [4.78, 5) is 15.5. The quantitative estimate of drug-likeness (QED) is 0.492. The molecule has 4 aliphatic rings. The van der Waals surface area contributed by atoms with E-state index in [2.05, 4.69) is 23.1 Å². The van der Waals surface area contributed by atoms with Gasteiger partial charge in [-0.25, -0.2) is 4.79 Å². The van der Waals surface area contributed by atoms with Crippen molar-refractivity contribution in [2.24, 2.45) is 0 Å². The fraction of sp³-hybridized carbons (Fsp3) is 0.423. The molecular formula is C26H27NO7. The van der Waals surface area contributed by atoms with Gasteiger partial charge < -0.3 is 28.4 Å². The summed E-state index contributed by atoms with van der Waals surface area (Å²) in [6, 6.07) is 9.50. The van der Waals surface area contributed by atoms with E-state index in [1.807, 2.05) is 0 Å². The Morgan fingerprint density at radius 1 is 1.03 bits per heavy atom. The molecule has 5 atom stereocenters. The van der Waals surface area contributed by atoms with Crippen molar-refractivity contribution in [3.05, 3.63) is 58.7 Å². The van der Waals surface area contributed by atoms with Gasteiger partial charge in [-0.1, -0.05) is 0 Å². The Bertz CT molecular complexity index is 1180. The van der Waals surface area contributed by atoms with Crippen LogP contribution >= 0.6 is 0 Å². The second-order valence-electron chi connectivity index (χ2n) is 9.02. The lowest BCUT2D eigenvalue weighted by atomic mass is 9.82. The van der Waals surface area contributed by atoms with Crippen LogP contribution in [0, 0.1) is 0 Å². The molecule has 0 aromatic heterocycles. The van der Waals surface area contributed by atoms with E-state index in [0.717, 1.165) is 31.0 Å².